The maximum Gasteiger partial charge on any atom is 0.184 e. The van der Waals surface area contributed by atoms with Crippen LogP contribution < -0.4 is 14.8 Å². The largest absolute Gasteiger partial charge is 0.506 e. The molecule has 0 spiro atoms. The molecule has 0 aliphatic carbocycles. The standard InChI is InChI=1S/C15H16N2O3/c1-10-5-6-13(18)12(17-10)9-16-11-3-2-4-14-15(11)20-8-7-19-14/h2-6,16,18H,7-9H2,1H3. The predicted octanol–water partition coefficient (Wildman–Crippen LogP) is 2.48. The number of nitrogens with zero attached hydrogens (tertiary/aromatic N) is 1. The van der Waals surface area contributed by atoms with Crippen LogP contribution in [0.3, 0.4) is 0 Å². The van der Waals surface area contributed by atoms with Gasteiger partial charge in [-0.2, -0.15) is 0 Å². The summed E-state index contributed by atoms with van der Waals surface area (Å²) in [6.07, 6.45) is 0. The molecule has 1 aromatic heterocycles. The molecule has 2 aromatic rings. The molecule has 0 bridgehead atoms. The van der Waals surface area contributed by atoms with Gasteiger partial charge in [0.05, 0.1) is 12.2 Å². The van der Waals surface area contributed by atoms with Crippen molar-refractivity contribution in [2.75, 3.05) is 18.5 Å². The van der Waals surface area contributed by atoms with Crippen LogP contribution in [-0.4, -0.2) is 23.3 Å². The Bertz CT molecular complexity index is 629. The molecular formula is C15H16N2O3. The Labute approximate surface area is 117 Å². The van der Waals surface area contributed by atoms with Gasteiger partial charge in [0.15, 0.2) is 11.5 Å². The lowest BCUT2D eigenvalue weighted by Crippen LogP contribution is -2.16. The van der Waals surface area contributed by atoms with Crippen molar-refractivity contribution in [2.45, 2.75) is 13.5 Å². The average molecular weight is 272 g/mol. The highest BCUT2D eigenvalue weighted by molar-refractivity contribution is 5.63. The molecule has 3 rings (SSSR count). The second-order valence-electron chi connectivity index (χ2n) is 4.60. The van der Waals surface area contributed by atoms with E-state index in [2.05, 4.69) is 10.3 Å². The first-order valence-electron chi connectivity index (χ1n) is 6.52. The molecule has 1 aliphatic rings. The molecule has 0 unspecified atom stereocenters. The number of pyridine rings is 1. The number of fused-ring (bicyclic) bond motifs is 1. The molecule has 1 aliphatic heterocycles. The van der Waals surface area contributed by atoms with Crippen molar-refractivity contribution in [3.63, 3.8) is 0 Å². The first-order valence-corrected chi connectivity index (χ1v) is 6.52. The molecule has 0 radical (unpaired) electrons. The molecular weight excluding hydrogens is 256 g/mol. The zero-order valence-electron chi connectivity index (χ0n) is 11.2. The Kier molecular flexibility index (Phi) is 3.33. The van der Waals surface area contributed by atoms with Crippen molar-refractivity contribution in [3.05, 3.63) is 41.7 Å². The number of hydrogen-bond donors (Lipinski definition) is 2. The summed E-state index contributed by atoms with van der Waals surface area (Å²) in [4.78, 5) is 4.32. The lowest BCUT2D eigenvalue weighted by Gasteiger charge is -2.21. The molecule has 1 aromatic carbocycles. The lowest BCUT2D eigenvalue weighted by molar-refractivity contribution is 0.172. The first-order chi connectivity index (χ1) is 9.74. The number of aromatic hydroxyl groups is 1. The molecule has 0 amide bonds. The predicted molar refractivity (Wildman–Crippen MR) is 75.4 cm³/mol. The third kappa shape index (κ3) is 2.47. The number of anilines is 1. The van der Waals surface area contributed by atoms with Gasteiger partial charge in [0, 0.05) is 5.69 Å². The zero-order valence-corrected chi connectivity index (χ0v) is 11.2. The van der Waals surface area contributed by atoms with Gasteiger partial charge in [0.25, 0.3) is 0 Å². The summed E-state index contributed by atoms with van der Waals surface area (Å²) < 4.78 is 11.2. The quantitative estimate of drug-likeness (QED) is 0.898. The van der Waals surface area contributed by atoms with Gasteiger partial charge in [-0.25, -0.2) is 0 Å². The molecule has 2 N–H and O–H groups in total. The van der Waals surface area contributed by atoms with E-state index in [1.807, 2.05) is 25.1 Å². The van der Waals surface area contributed by atoms with E-state index < -0.39 is 0 Å². The fraction of sp³-hybridized carbons (Fsp3) is 0.267. The van der Waals surface area contributed by atoms with Crippen LogP contribution in [0.1, 0.15) is 11.4 Å². The van der Waals surface area contributed by atoms with Crippen LogP contribution in [0.25, 0.3) is 0 Å². The van der Waals surface area contributed by atoms with Crippen molar-refractivity contribution >= 4 is 5.69 Å². The monoisotopic (exact) mass is 272 g/mol. The highest BCUT2D eigenvalue weighted by Gasteiger charge is 2.15. The summed E-state index contributed by atoms with van der Waals surface area (Å²) in [5.74, 6) is 1.64. The molecule has 2 heterocycles. The van der Waals surface area contributed by atoms with Crippen molar-refractivity contribution in [1.82, 2.24) is 4.98 Å². The van der Waals surface area contributed by atoms with Crippen molar-refractivity contribution in [3.8, 4) is 17.2 Å². The van der Waals surface area contributed by atoms with Crippen LogP contribution in [0, 0.1) is 6.92 Å². The molecule has 0 fully saturated rings. The molecule has 0 saturated carbocycles. The third-order valence-corrected chi connectivity index (χ3v) is 3.10. The highest BCUT2D eigenvalue weighted by atomic mass is 16.6. The van der Waals surface area contributed by atoms with Crippen LogP contribution in [0.15, 0.2) is 30.3 Å². The number of benzene rings is 1. The zero-order chi connectivity index (χ0) is 13.9. The minimum Gasteiger partial charge on any atom is -0.506 e. The number of ether oxygens (including phenoxy) is 2. The van der Waals surface area contributed by atoms with Gasteiger partial charge in [-0.05, 0) is 31.2 Å². The third-order valence-electron chi connectivity index (χ3n) is 3.10. The van der Waals surface area contributed by atoms with Gasteiger partial charge in [0.2, 0.25) is 0 Å². The molecule has 20 heavy (non-hydrogen) atoms. The molecule has 104 valence electrons. The van der Waals surface area contributed by atoms with Gasteiger partial charge in [-0.15, -0.1) is 0 Å². The van der Waals surface area contributed by atoms with Gasteiger partial charge in [-0.3, -0.25) is 4.98 Å². The van der Waals surface area contributed by atoms with Gasteiger partial charge < -0.3 is 19.9 Å². The van der Waals surface area contributed by atoms with Crippen LogP contribution in [0.4, 0.5) is 5.69 Å². The van der Waals surface area contributed by atoms with Crippen LogP contribution in [0.5, 0.6) is 17.2 Å². The molecule has 0 atom stereocenters. The summed E-state index contributed by atoms with van der Waals surface area (Å²) in [6, 6.07) is 9.13. The molecule has 5 heteroatoms. The number of para-hydroxylation sites is 1. The normalized spacial score (nSPS) is 13.1. The van der Waals surface area contributed by atoms with Gasteiger partial charge in [0.1, 0.15) is 24.7 Å². The van der Waals surface area contributed by atoms with E-state index in [9.17, 15) is 5.11 Å². The maximum absolute atomic E-state index is 9.79. The minimum atomic E-state index is 0.185. The SMILES string of the molecule is Cc1ccc(O)c(CNc2cccc3c2OCCO3)n1. The Morgan fingerprint density at radius 2 is 2.05 bits per heavy atom. The fourth-order valence-corrected chi connectivity index (χ4v) is 2.13. The van der Waals surface area contributed by atoms with Gasteiger partial charge in [-0.1, -0.05) is 6.07 Å². The summed E-state index contributed by atoms with van der Waals surface area (Å²) in [6.45, 7) is 3.42. The second kappa shape index (κ2) is 5.28. The van der Waals surface area contributed by atoms with E-state index >= 15 is 0 Å². The summed E-state index contributed by atoms with van der Waals surface area (Å²) in [7, 11) is 0. The Morgan fingerprint density at radius 3 is 2.95 bits per heavy atom. The fourth-order valence-electron chi connectivity index (χ4n) is 2.13. The lowest BCUT2D eigenvalue weighted by atomic mass is 10.2. The average Bonchev–Trinajstić information content (AvgIpc) is 2.48. The number of aromatic nitrogens is 1. The highest BCUT2D eigenvalue weighted by Crippen LogP contribution is 2.37. The number of nitrogens with one attached hydrogen (secondary N) is 1. The van der Waals surface area contributed by atoms with E-state index in [0.717, 1.165) is 17.1 Å². The molecule has 0 saturated heterocycles. The Balaban J connectivity index is 1.80. The van der Waals surface area contributed by atoms with E-state index in [0.29, 0.717) is 31.2 Å². The van der Waals surface area contributed by atoms with Gasteiger partial charge >= 0.3 is 0 Å². The van der Waals surface area contributed by atoms with E-state index in [1.54, 1.807) is 12.1 Å². The number of rotatable bonds is 3. The van der Waals surface area contributed by atoms with E-state index in [4.69, 9.17) is 9.47 Å². The van der Waals surface area contributed by atoms with Crippen molar-refractivity contribution in [2.24, 2.45) is 0 Å². The summed E-state index contributed by atoms with van der Waals surface area (Å²) >= 11 is 0. The van der Waals surface area contributed by atoms with Crippen LogP contribution >= 0.6 is 0 Å². The number of aryl methyl sites for hydroxylation is 1. The van der Waals surface area contributed by atoms with Crippen molar-refractivity contribution < 1.29 is 14.6 Å². The molecule has 5 nitrogen and oxygen atoms in total. The Morgan fingerprint density at radius 1 is 1.20 bits per heavy atom. The summed E-state index contributed by atoms with van der Waals surface area (Å²) in [5, 5.41) is 13.0. The first kappa shape index (κ1) is 12.6. The Hall–Kier alpha value is -2.43. The second-order valence-corrected chi connectivity index (χ2v) is 4.60. The maximum atomic E-state index is 9.79. The van der Waals surface area contributed by atoms with Crippen LogP contribution in [0.2, 0.25) is 0 Å². The van der Waals surface area contributed by atoms with Crippen LogP contribution in [-0.2, 0) is 6.54 Å². The van der Waals surface area contributed by atoms with Crippen molar-refractivity contribution in [1.29, 1.82) is 0 Å². The van der Waals surface area contributed by atoms with E-state index in [-0.39, 0.29) is 5.75 Å². The topological polar surface area (TPSA) is 63.6 Å². The smallest absolute Gasteiger partial charge is 0.184 e. The minimum absolute atomic E-state index is 0.185. The summed E-state index contributed by atoms with van der Waals surface area (Å²) in [5.41, 5.74) is 2.32. The number of hydrogen-bond acceptors (Lipinski definition) is 5. The van der Waals surface area contributed by atoms with E-state index in [1.165, 1.54) is 0 Å².